The topological polar surface area (TPSA) is 38.5 Å². The summed E-state index contributed by atoms with van der Waals surface area (Å²) in [6.07, 6.45) is 5.37. The molecule has 3 heteroatoms. The highest BCUT2D eigenvalue weighted by Gasteiger charge is 2.50. The maximum absolute atomic E-state index is 6.03. The summed E-state index contributed by atoms with van der Waals surface area (Å²) < 4.78 is 5.41. The molecule has 1 aliphatic heterocycles. The molecule has 1 heterocycles. The van der Waals surface area contributed by atoms with Crippen LogP contribution in [0.25, 0.3) is 0 Å². The lowest BCUT2D eigenvalue weighted by molar-refractivity contribution is -0.113. The van der Waals surface area contributed by atoms with Gasteiger partial charge in [-0.2, -0.15) is 0 Å². The third kappa shape index (κ3) is 2.01. The van der Waals surface area contributed by atoms with Crippen LogP contribution in [-0.4, -0.2) is 42.8 Å². The van der Waals surface area contributed by atoms with Gasteiger partial charge < -0.3 is 10.5 Å². The van der Waals surface area contributed by atoms with Gasteiger partial charge in [0.2, 0.25) is 0 Å². The molecule has 2 aliphatic rings. The second-order valence-corrected chi connectivity index (χ2v) is 5.88. The molecule has 0 bridgehead atoms. The van der Waals surface area contributed by atoms with E-state index in [9.17, 15) is 0 Å². The molecule has 0 spiro atoms. The second kappa shape index (κ2) is 4.63. The van der Waals surface area contributed by atoms with E-state index in [2.05, 4.69) is 18.7 Å². The summed E-state index contributed by atoms with van der Waals surface area (Å²) >= 11 is 0. The maximum Gasteiger partial charge on any atom is 0.0607 e. The molecular formula is C13H26N2O. The van der Waals surface area contributed by atoms with Crippen LogP contribution in [-0.2, 0) is 4.74 Å². The van der Waals surface area contributed by atoms with Gasteiger partial charge in [0.15, 0.2) is 0 Å². The number of hydrogen-bond acceptors (Lipinski definition) is 3. The average Bonchev–Trinajstić information content (AvgIpc) is 2.23. The van der Waals surface area contributed by atoms with E-state index < -0.39 is 0 Å². The van der Waals surface area contributed by atoms with Crippen molar-refractivity contribution in [3.05, 3.63) is 0 Å². The second-order valence-electron chi connectivity index (χ2n) is 5.88. The molecule has 0 radical (unpaired) electrons. The highest BCUT2D eigenvalue weighted by molar-refractivity contribution is 5.06. The molecule has 3 nitrogen and oxygen atoms in total. The van der Waals surface area contributed by atoms with E-state index in [1.807, 2.05) is 7.11 Å². The van der Waals surface area contributed by atoms with Gasteiger partial charge in [0.25, 0.3) is 0 Å². The molecule has 0 aromatic carbocycles. The van der Waals surface area contributed by atoms with Crippen molar-refractivity contribution in [3.8, 4) is 0 Å². The van der Waals surface area contributed by atoms with E-state index in [0.29, 0.717) is 12.1 Å². The van der Waals surface area contributed by atoms with Crippen LogP contribution in [0.1, 0.15) is 39.5 Å². The normalized spacial score (nSPS) is 45.4. The fraction of sp³-hybridized carbons (Fsp3) is 1.00. The molecule has 2 rings (SSSR count). The lowest BCUT2D eigenvalue weighted by Gasteiger charge is -2.57. The van der Waals surface area contributed by atoms with Crippen LogP contribution >= 0.6 is 0 Å². The van der Waals surface area contributed by atoms with E-state index in [4.69, 9.17) is 10.5 Å². The van der Waals surface area contributed by atoms with Crippen molar-refractivity contribution in [2.45, 2.75) is 57.2 Å². The molecule has 1 saturated carbocycles. The average molecular weight is 226 g/mol. The Morgan fingerprint density at radius 1 is 1.31 bits per heavy atom. The monoisotopic (exact) mass is 226 g/mol. The van der Waals surface area contributed by atoms with E-state index in [1.165, 1.54) is 19.4 Å². The fourth-order valence-electron chi connectivity index (χ4n) is 3.42. The largest absolute Gasteiger partial charge is 0.381 e. The number of methoxy groups -OCH3 is 1. The summed E-state index contributed by atoms with van der Waals surface area (Å²) in [5.74, 6) is 0.821. The Kier molecular flexibility index (Phi) is 3.57. The van der Waals surface area contributed by atoms with E-state index in [-0.39, 0.29) is 5.54 Å². The lowest BCUT2D eigenvalue weighted by Crippen LogP contribution is -2.67. The zero-order valence-corrected chi connectivity index (χ0v) is 10.9. The molecule has 2 fully saturated rings. The standard InChI is InChI=1S/C13H26N2O/c1-10-4-5-11(2)15(8-10)13(9-14)6-12(7-13)16-3/h10-12H,4-9,14H2,1-3H3. The molecule has 16 heavy (non-hydrogen) atoms. The molecule has 0 aromatic heterocycles. The first-order valence-corrected chi connectivity index (χ1v) is 6.61. The van der Waals surface area contributed by atoms with Crippen LogP contribution in [0.3, 0.4) is 0 Å². The molecular weight excluding hydrogens is 200 g/mol. The minimum absolute atomic E-state index is 0.245. The Labute approximate surface area is 99.3 Å². The number of nitrogens with two attached hydrogens (primary N) is 1. The van der Waals surface area contributed by atoms with Gasteiger partial charge in [-0.3, -0.25) is 4.90 Å². The smallest absolute Gasteiger partial charge is 0.0607 e. The minimum atomic E-state index is 0.245. The highest BCUT2D eigenvalue weighted by Crippen LogP contribution is 2.42. The van der Waals surface area contributed by atoms with Gasteiger partial charge in [0, 0.05) is 31.8 Å². The van der Waals surface area contributed by atoms with Crippen LogP contribution in [0.5, 0.6) is 0 Å². The predicted molar refractivity (Wildman–Crippen MR) is 66.4 cm³/mol. The van der Waals surface area contributed by atoms with Crippen molar-refractivity contribution in [2.75, 3.05) is 20.2 Å². The van der Waals surface area contributed by atoms with Crippen molar-refractivity contribution in [3.63, 3.8) is 0 Å². The van der Waals surface area contributed by atoms with Crippen molar-refractivity contribution in [1.29, 1.82) is 0 Å². The molecule has 2 unspecified atom stereocenters. The highest BCUT2D eigenvalue weighted by atomic mass is 16.5. The Hall–Kier alpha value is -0.120. The van der Waals surface area contributed by atoms with Gasteiger partial charge in [-0.15, -0.1) is 0 Å². The first-order chi connectivity index (χ1) is 7.61. The summed E-state index contributed by atoms with van der Waals surface area (Å²) in [5.41, 5.74) is 6.27. The number of nitrogens with zero attached hydrogens (tertiary/aromatic N) is 1. The SMILES string of the molecule is COC1CC(CN)(N2CC(C)CCC2C)C1. The van der Waals surface area contributed by atoms with Crippen LogP contribution in [0.15, 0.2) is 0 Å². The van der Waals surface area contributed by atoms with Gasteiger partial charge >= 0.3 is 0 Å². The summed E-state index contributed by atoms with van der Waals surface area (Å²) in [7, 11) is 1.81. The third-order valence-corrected chi connectivity index (χ3v) is 4.66. The predicted octanol–water partition coefficient (Wildman–Crippen LogP) is 1.61. The van der Waals surface area contributed by atoms with Gasteiger partial charge in [-0.25, -0.2) is 0 Å². The van der Waals surface area contributed by atoms with Crippen molar-refractivity contribution in [2.24, 2.45) is 11.7 Å². The Bertz CT molecular complexity index is 238. The summed E-state index contributed by atoms with van der Waals surface area (Å²) in [5, 5.41) is 0. The molecule has 2 N–H and O–H groups in total. The van der Waals surface area contributed by atoms with Crippen molar-refractivity contribution < 1.29 is 4.74 Å². The van der Waals surface area contributed by atoms with Gasteiger partial charge in [0.05, 0.1) is 6.10 Å². The number of likely N-dealkylation sites (tertiary alicyclic amines) is 1. The zero-order chi connectivity index (χ0) is 11.8. The van der Waals surface area contributed by atoms with E-state index in [0.717, 1.165) is 25.3 Å². The minimum Gasteiger partial charge on any atom is -0.381 e. The third-order valence-electron chi connectivity index (χ3n) is 4.66. The molecule has 0 amide bonds. The molecule has 1 saturated heterocycles. The maximum atomic E-state index is 6.03. The number of piperidine rings is 1. The van der Waals surface area contributed by atoms with Gasteiger partial charge in [-0.1, -0.05) is 6.92 Å². The summed E-state index contributed by atoms with van der Waals surface area (Å²) in [4.78, 5) is 2.66. The summed E-state index contributed by atoms with van der Waals surface area (Å²) in [6, 6.07) is 0.692. The van der Waals surface area contributed by atoms with Crippen molar-refractivity contribution in [1.82, 2.24) is 4.90 Å². The first-order valence-electron chi connectivity index (χ1n) is 6.61. The van der Waals surface area contributed by atoms with Gasteiger partial charge in [0.1, 0.15) is 0 Å². The van der Waals surface area contributed by atoms with Crippen molar-refractivity contribution >= 4 is 0 Å². The number of hydrogen-bond donors (Lipinski definition) is 1. The lowest BCUT2D eigenvalue weighted by atomic mass is 9.70. The van der Waals surface area contributed by atoms with E-state index >= 15 is 0 Å². The van der Waals surface area contributed by atoms with E-state index in [1.54, 1.807) is 0 Å². The fourth-order valence-corrected chi connectivity index (χ4v) is 3.42. The van der Waals surface area contributed by atoms with Crippen LogP contribution in [0.4, 0.5) is 0 Å². The Morgan fingerprint density at radius 2 is 2.00 bits per heavy atom. The Balaban J connectivity index is 2.03. The number of rotatable bonds is 3. The molecule has 1 aliphatic carbocycles. The van der Waals surface area contributed by atoms with Crippen LogP contribution in [0.2, 0.25) is 0 Å². The quantitative estimate of drug-likeness (QED) is 0.794. The first kappa shape index (κ1) is 12.3. The Morgan fingerprint density at radius 3 is 2.56 bits per heavy atom. The van der Waals surface area contributed by atoms with Crippen LogP contribution < -0.4 is 5.73 Å². The zero-order valence-electron chi connectivity index (χ0n) is 10.9. The summed E-state index contributed by atoms with van der Waals surface area (Å²) in [6.45, 7) is 6.71. The van der Waals surface area contributed by atoms with Crippen LogP contribution in [0, 0.1) is 5.92 Å². The van der Waals surface area contributed by atoms with Gasteiger partial charge in [-0.05, 0) is 38.5 Å². The molecule has 94 valence electrons. The molecule has 0 aromatic rings. The molecule has 2 atom stereocenters. The number of ether oxygens (including phenoxy) is 1.